The summed E-state index contributed by atoms with van der Waals surface area (Å²) in [6.07, 6.45) is 0. The lowest BCUT2D eigenvalue weighted by Crippen LogP contribution is -2.29. The van der Waals surface area contributed by atoms with E-state index in [2.05, 4.69) is 4.98 Å². The number of hydrogen-bond donors (Lipinski definition) is 1. The number of methoxy groups -OCH3 is 2. The van der Waals surface area contributed by atoms with Gasteiger partial charge in [0.05, 0.1) is 36.6 Å². The highest BCUT2D eigenvalue weighted by molar-refractivity contribution is 7.22. The maximum Gasteiger partial charge on any atom is 0.301 e. The van der Waals surface area contributed by atoms with E-state index in [9.17, 15) is 19.1 Å². The number of ketones is 1. The van der Waals surface area contributed by atoms with Crippen LogP contribution >= 0.6 is 11.3 Å². The first-order valence-corrected chi connectivity index (χ1v) is 12.5. The number of carbonyl (C=O) groups excluding carboxylic acids is 2. The van der Waals surface area contributed by atoms with Crippen molar-refractivity contribution < 1.29 is 33.3 Å². The van der Waals surface area contributed by atoms with Crippen molar-refractivity contribution in [1.82, 2.24) is 4.98 Å². The van der Waals surface area contributed by atoms with E-state index in [-0.39, 0.29) is 16.3 Å². The number of rotatable bonds is 7. The van der Waals surface area contributed by atoms with E-state index in [1.807, 2.05) is 13.0 Å². The summed E-state index contributed by atoms with van der Waals surface area (Å²) in [4.78, 5) is 32.9. The third-order valence-corrected chi connectivity index (χ3v) is 7.18. The molecule has 0 saturated carbocycles. The van der Waals surface area contributed by atoms with Gasteiger partial charge in [-0.15, -0.1) is 0 Å². The number of fused-ring (bicyclic) bond motifs is 1. The molecule has 1 fully saturated rings. The number of carbonyl (C=O) groups is 2. The van der Waals surface area contributed by atoms with Crippen LogP contribution in [0.5, 0.6) is 17.2 Å². The molecule has 194 valence electrons. The molecule has 38 heavy (non-hydrogen) atoms. The van der Waals surface area contributed by atoms with Gasteiger partial charge in [-0.05, 0) is 67.6 Å². The monoisotopic (exact) mass is 534 g/mol. The van der Waals surface area contributed by atoms with Crippen molar-refractivity contribution in [3.8, 4) is 17.2 Å². The molecule has 1 aliphatic heterocycles. The standard InChI is InChI=1S/C28H23FN2O6S/c1-4-37-18-9-11-20-22(14-18)38-28(30-20)31-24(19-13-17(35-2)10-12-21(19)36-3)23(26(33)27(31)34)25(32)15-5-7-16(29)8-6-15/h5-14,24,32H,4H2,1-3H3/t24-/m0/s1. The average molecular weight is 535 g/mol. The topological polar surface area (TPSA) is 98.2 Å². The normalized spacial score (nSPS) is 16.7. The van der Waals surface area contributed by atoms with Crippen molar-refractivity contribution in [2.24, 2.45) is 0 Å². The Morgan fingerprint density at radius 1 is 1.03 bits per heavy atom. The molecule has 1 aromatic heterocycles. The van der Waals surface area contributed by atoms with Crippen LogP contribution in [0.1, 0.15) is 24.1 Å². The van der Waals surface area contributed by atoms with Crippen LogP contribution in [-0.2, 0) is 9.59 Å². The Morgan fingerprint density at radius 3 is 2.45 bits per heavy atom. The predicted octanol–water partition coefficient (Wildman–Crippen LogP) is 5.48. The van der Waals surface area contributed by atoms with Crippen molar-refractivity contribution in [2.45, 2.75) is 13.0 Å². The van der Waals surface area contributed by atoms with Gasteiger partial charge in [0, 0.05) is 11.1 Å². The van der Waals surface area contributed by atoms with Gasteiger partial charge in [0.1, 0.15) is 34.9 Å². The summed E-state index contributed by atoms with van der Waals surface area (Å²) in [5.74, 6) is -1.25. The number of anilines is 1. The molecule has 1 aliphatic rings. The summed E-state index contributed by atoms with van der Waals surface area (Å²) >= 11 is 1.21. The zero-order valence-corrected chi connectivity index (χ0v) is 21.5. The van der Waals surface area contributed by atoms with Gasteiger partial charge in [-0.3, -0.25) is 14.5 Å². The van der Waals surface area contributed by atoms with E-state index < -0.39 is 29.3 Å². The lowest BCUT2D eigenvalue weighted by Gasteiger charge is -2.25. The molecule has 8 nitrogen and oxygen atoms in total. The molecule has 1 amide bonds. The Kier molecular flexibility index (Phi) is 6.73. The highest BCUT2D eigenvalue weighted by atomic mass is 32.1. The van der Waals surface area contributed by atoms with Crippen LogP contribution in [-0.4, -0.2) is 42.6 Å². The van der Waals surface area contributed by atoms with Gasteiger partial charge in [-0.1, -0.05) is 11.3 Å². The molecule has 4 aromatic rings. The summed E-state index contributed by atoms with van der Waals surface area (Å²) in [6, 6.07) is 14.2. The summed E-state index contributed by atoms with van der Waals surface area (Å²) in [5.41, 5.74) is 1.03. The van der Waals surface area contributed by atoms with Crippen molar-refractivity contribution >= 4 is 44.1 Å². The van der Waals surface area contributed by atoms with Crippen molar-refractivity contribution in [2.75, 3.05) is 25.7 Å². The fourth-order valence-electron chi connectivity index (χ4n) is 4.39. The molecule has 5 rings (SSSR count). The van der Waals surface area contributed by atoms with Gasteiger partial charge in [0.25, 0.3) is 5.78 Å². The smallest absolute Gasteiger partial charge is 0.301 e. The predicted molar refractivity (Wildman–Crippen MR) is 142 cm³/mol. The second-order valence-electron chi connectivity index (χ2n) is 8.34. The van der Waals surface area contributed by atoms with Gasteiger partial charge >= 0.3 is 5.91 Å². The van der Waals surface area contributed by atoms with E-state index in [0.29, 0.717) is 34.9 Å². The molecular weight excluding hydrogens is 511 g/mol. The lowest BCUT2D eigenvalue weighted by molar-refractivity contribution is -0.132. The van der Waals surface area contributed by atoms with E-state index in [0.717, 1.165) is 16.8 Å². The highest BCUT2D eigenvalue weighted by Gasteiger charge is 2.49. The number of aromatic nitrogens is 1. The van der Waals surface area contributed by atoms with E-state index in [1.54, 1.807) is 30.3 Å². The Bertz CT molecular complexity index is 1580. The number of thiazole rings is 1. The molecule has 10 heteroatoms. The van der Waals surface area contributed by atoms with Crippen LogP contribution in [0.15, 0.2) is 66.2 Å². The Balaban J connectivity index is 1.75. The molecule has 3 aromatic carbocycles. The molecule has 1 N–H and O–H groups in total. The van der Waals surface area contributed by atoms with Crippen LogP contribution in [0.25, 0.3) is 16.0 Å². The molecule has 1 atom stereocenters. The van der Waals surface area contributed by atoms with Crippen molar-refractivity contribution in [3.05, 3.63) is 83.2 Å². The third kappa shape index (κ3) is 4.32. The maximum absolute atomic E-state index is 13.6. The molecule has 0 radical (unpaired) electrons. The zero-order chi connectivity index (χ0) is 27.0. The van der Waals surface area contributed by atoms with Crippen molar-refractivity contribution in [1.29, 1.82) is 0 Å². The Morgan fingerprint density at radius 2 is 1.76 bits per heavy atom. The first-order valence-electron chi connectivity index (χ1n) is 11.7. The number of Topliss-reactive ketones (excluding diaryl/α,β-unsaturated/α-hetero) is 1. The molecule has 0 aliphatic carbocycles. The van der Waals surface area contributed by atoms with Crippen LogP contribution in [0, 0.1) is 5.82 Å². The highest BCUT2D eigenvalue weighted by Crippen LogP contribution is 2.47. The number of halogens is 1. The van der Waals surface area contributed by atoms with E-state index in [4.69, 9.17) is 14.2 Å². The zero-order valence-electron chi connectivity index (χ0n) is 20.7. The first-order chi connectivity index (χ1) is 18.4. The fraction of sp³-hybridized carbons (Fsp3) is 0.179. The number of amides is 1. The number of hydrogen-bond acceptors (Lipinski definition) is 8. The van der Waals surface area contributed by atoms with Gasteiger partial charge in [-0.2, -0.15) is 0 Å². The fourth-order valence-corrected chi connectivity index (χ4v) is 5.41. The van der Waals surface area contributed by atoms with Gasteiger partial charge < -0.3 is 19.3 Å². The molecule has 0 bridgehead atoms. The molecule has 0 spiro atoms. The first kappa shape index (κ1) is 25.2. The summed E-state index contributed by atoms with van der Waals surface area (Å²) < 4.78 is 30.9. The number of ether oxygens (including phenoxy) is 3. The van der Waals surface area contributed by atoms with Crippen LogP contribution in [0.4, 0.5) is 9.52 Å². The molecule has 2 heterocycles. The Labute approximate surface area is 221 Å². The third-order valence-electron chi connectivity index (χ3n) is 6.16. The second-order valence-corrected chi connectivity index (χ2v) is 9.35. The molecular formula is C28H23FN2O6S. The average Bonchev–Trinajstić information content (AvgIpc) is 3.46. The van der Waals surface area contributed by atoms with Crippen LogP contribution < -0.4 is 19.1 Å². The lowest BCUT2D eigenvalue weighted by atomic mass is 9.94. The second kappa shape index (κ2) is 10.1. The quantitative estimate of drug-likeness (QED) is 0.191. The van der Waals surface area contributed by atoms with Gasteiger partial charge in [-0.25, -0.2) is 9.37 Å². The van der Waals surface area contributed by atoms with Gasteiger partial charge in [0.2, 0.25) is 0 Å². The maximum atomic E-state index is 13.6. The minimum atomic E-state index is -1.10. The van der Waals surface area contributed by atoms with E-state index >= 15 is 0 Å². The number of aliphatic hydroxyl groups excluding tert-OH is 1. The van der Waals surface area contributed by atoms with Gasteiger partial charge in [0.15, 0.2) is 5.13 Å². The van der Waals surface area contributed by atoms with Crippen LogP contribution in [0.3, 0.4) is 0 Å². The van der Waals surface area contributed by atoms with Crippen LogP contribution in [0.2, 0.25) is 0 Å². The van der Waals surface area contributed by atoms with E-state index in [1.165, 1.54) is 42.6 Å². The number of benzene rings is 3. The number of nitrogens with zero attached hydrogens (tertiary/aromatic N) is 2. The van der Waals surface area contributed by atoms with Crippen molar-refractivity contribution in [3.63, 3.8) is 0 Å². The SMILES string of the molecule is CCOc1ccc2nc(N3C(=O)C(=O)C(=C(O)c4ccc(F)cc4)[C@@H]3c3cc(OC)ccc3OC)sc2c1. The summed E-state index contributed by atoms with van der Waals surface area (Å²) in [6.45, 7) is 2.37. The molecule has 1 saturated heterocycles. The Hall–Kier alpha value is -4.44. The molecule has 0 unspecified atom stereocenters. The summed E-state index contributed by atoms with van der Waals surface area (Å²) in [7, 11) is 2.95. The largest absolute Gasteiger partial charge is 0.507 e. The minimum absolute atomic E-state index is 0.178. The minimum Gasteiger partial charge on any atom is -0.507 e. The summed E-state index contributed by atoms with van der Waals surface area (Å²) in [5, 5.41) is 11.5. The number of aliphatic hydroxyl groups is 1.